The number of benzene rings is 1. The number of nitrogens with zero attached hydrogens (tertiary/aromatic N) is 1. The molecule has 1 aromatic carbocycles. The summed E-state index contributed by atoms with van der Waals surface area (Å²) in [5.74, 6) is 0.909. The number of aromatic nitrogens is 2. The van der Waals surface area contributed by atoms with Crippen LogP contribution in [0.5, 0.6) is 0 Å². The Kier molecular flexibility index (Phi) is 5.98. The maximum atomic E-state index is 12.1. The third-order valence-electron chi connectivity index (χ3n) is 4.20. The summed E-state index contributed by atoms with van der Waals surface area (Å²) in [4.78, 5) is 19.8. The van der Waals surface area contributed by atoms with E-state index < -0.39 is 0 Å². The van der Waals surface area contributed by atoms with Gasteiger partial charge in [-0.2, -0.15) is 0 Å². The van der Waals surface area contributed by atoms with Crippen LogP contribution in [0.15, 0.2) is 29.8 Å². The number of imidazole rings is 1. The van der Waals surface area contributed by atoms with Gasteiger partial charge >= 0.3 is 0 Å². The van der Waals surface area contributed by atoms with E-state index in [1.54, 1.807) is 19.1 Å². The number of carbonyl (C=O) groups is 1. The highest BCUT2D eigenvalue weighted by atomic mass is 16.3. The molecule has 130 valence electrons. The summed E-state index contributed by atoms with van der Waals surface area (Å²) < 4.78 is 0. The summed E-state index contributed by atoms with van der Waals surface area (Å²) in [5, 5.41) is 15.1. The number of fused-ring (bicyclic) bond motifs is 1. The van der Waals surface area contributed by atoms with Crippen molar-refractivity contribution in [2.45, 2.75) is 33.7 Å². The zero-order chi connectivity index (χ0) is 17.7. The molecule has 0 fully saturated rings. The van der Waals surface area contributed by atoms with E-state index in [1.165, 1.54) is 5.57 Å². The number of aromatic amines is 1. The Bertz CT molecular complexity index is 736. The van der Waals surface area contributed by atoms with Gasteiger partial charge < -0.3 is 20.7 Å². The lowest BCUT2D eigenvalue weighted by Crippen LogP contribution is -2.34. The molecule has 0 aliphatic carbocycles. The largest absolute Gasteiger partial charge is 0.394 e. The molecule has 0 saturated carbocycles. The second-order valence-corrected chi connectivity index (χ2v) is 6.19. The van der Waals surface area contributed by atoms with E-state index in [0.717, 1.165) is 17.6 Å². The Labute approximate surface area is 142 Å². The van der Waals surface area contributed by atoms with Gasteiger partial charge in [-0.3, -0.25) is 4.79 Å². The summed E-state index contributed by atoms with van der Waals surface area (Å²) in [5.41, 5.74) is 3.48. The van der Waals surface area contributed by atoms with Crippen LogP contribution in [0.2, 0.25) is 0 Å². The van der Waals surface area contributed by atoms with Crippen LogP contribution in [0, 0.1) is 5.92 Å². The van der Waals surface area contributed by atoms with Gasteiger partial charge in [0.2, 0.25) is 5.95 Å². The average molecular weight is 330 g/mol. The molecule has 0 aliphatic rings. The predicted octanol–water partition coefficient (Wildman–Crippen LogP) is 2.69. The van der Waals surface area contributed by atoms with Crippen LogP contribution >= 0.6 is 0 Å². The van der Waals surface area contributed by atoms with E-state index in [2.05, 4.69) is 40.5 Å². The highest BCUT2D eigenvalue weighted by molar-refractivity contribution is 5.97. The fourth-order valence-electron chi connectivity index (χ4n) is 2.28. The molecule has 2 unspecified atom stereocenters. The van der Waals surface area contributed by atoms with Crippen molar-refractivity contribution in [2.75, 3.05) is 18.5 Å². The van der Waals surface area contributed by atoms with Crippen molar-refractivity contribution in [3.63, 3.8) is 0 Å². The van der Waals surface area contributed by atoms with Crippen LogP contribution in [-0.2, 0) is 0 Å². The summed E-state index contributed by atoms with van der Waals surface area (Å²) >= 11 is 0. The maximum Gasteiger partial charge on any atom is 0.251 e. The van der Waals surface area contributed by atoms with Gasteiger partial charge in [0.15, 0.2) is 0 Å². The summed E-state index contributed by atoms with van der Waals surface area (Å²) in [6, 6.07) is 5.05. The fraction of sp³-hybridized carbons (Fsp3) is 0.444. The molecule has 0 saturated heterocycles. The number of anilines is 1. The quantitative estimate of drug-likeness (QED) is 0.588. The Morgan fingerprint density at radius 3 is 2.83 bits per heavy atom. The van der Waals surface area contributed by atoms with Gasteiger partial charge in [-0.1, -0.05) is 18.6 Å². The van der Waals surface area contributed by atoms with Crippen molar-refractivity contribution >= 4 is 22.9 Å². The van der Waals surface area contributed by atoms with Gasteiger partial charge in [-0.05, 0) is 44.9 Å². The van der Waals surface area contributed by atoms with E-state index in [1.807, 2.05) is 13.0 Å². The van der Waals surface area contributed by atoms with Crippen LogP contribution < -0.4 is 10.6 Å². The molecule has 24 heavy (non-hydrogen) atoms. The predicted molar refractivity (Wildman–Crippen MR) is 97.2 cm³/mol. The number of nitrogens with one attached hydrogen (secondary N) is 3. The number of aliphatic hydroxyl groups excluding tert-OH is 1. The molecule has 6 heteroatoms. The Hall–Kier alpha value is -2.34. The summed E-state index contributed by atoms with van der Waals surface area (Å²) in [7, 11) is 0. The van der Waals surface area contributed by atoms with Crippen molar-refractivity contribution < 1.29 is 9.90 Å². The second kappa shape index (κ2) is 7.97. The summed E-state index contributed by atoms with van der Waals surface area (Å²) in [6.45, 7) is 8.77. The third kappa shape index (κ3) is 4.35. The minimum Gasteiger partial charge on any atom is -0.394 e. The van der Waals surface area contributed by atoms with E-state index in [4.69, 9.17) is 5.11 Å². The topological polar surface area (TPSA) is 90.0 Å². The molecule has 2 atom stereocenters. The van der Waals surface area contributed by atoms with Gasteiger partial charge in [0.25, 0.3) is 5.91 Å². The lowest BCUT2D eigenvalue weighted by atomic mass is 10.0. The normalized spacial score (nSPS) is 14.5. The van der Waals surface area contributed by atoms with Gasteiger partial charge in [0, 0.05) is 18.2 Å². The zero-order valence-electron chi connectivity index (χ0n) is 14.7. The van der Waals surface area contributed by atoms with Crippen molar-refractivity contribution in [3.8, 4) is 0 Å². The standard InChI is InChI=1S/C18H26N4O2/c1-5-11(2)12(3)9-19-18-21-15-7-6-14(8-16(15)22-18)17(24)20-13(4)10-23/h5-8,12-13,23H,9-10H2,1-4H3,(H,20,24)(H2,19,21,22)/b11-5-. The van der Waals surface area contributed by atoms with Crippen molar-refractivity contribution in [2.24, 2.45) is 5.92 Å². The maximum absolute atomic E-state index is 12.1. The second-order valence-electron chi connectivity index (χ2n) is 6.19. The van der Waals surface area contributed by atoms with Gasteiger partial charge in [-0.15, -0.1) is 0 Å². The zero-order valence-corrected chi connectivity index (χ0v) is 14.7. The number of H-pyrrole nitrogens is 1. The first-order valence-electron chi connectivity index (χ1n) is 8.22. The van der Waals surface area contributed by atoms with Crippen LogP contribution in [0.25, 0.3) is 11.0 Å². The number of carbonyl (C=O) groups excluding carboxylic acids is 1. The van der Waals surface area contributed by atoms with E-state index in [9.17, 15) is 4.79 Å². The van der Waals surface area contributed by atoms with Crippen molar-refractivity contribution in [1.29, 1.82) is 0 Å². The highest BCUT2D eigenvalue weighted by Crippen LogP contribution is 2.17. The van der Waals surface area contributed by atoms with E-state index in [-0.39, 0.29) is 18.6 Å². The van der Waals surface area contributed by atoms with Crippen LogP contribution in [-0.4, -0.2) is 40.2 Å². The molecule has 0 spiro atoms. The monoisotopic (exact) mass is 330 g/mol. The molecule has 6 nitrogen and oxygen atoms in total. The van der Waals surface area contributed by atoms with Crippen LogP contribution in [0.3, 0.4) is 0 Å². The minimum atomic E-state index is -0.275. The van der Waals surface area contributed by atoms with Crippen LogP contribution in [0.4, 0.5) is 5.95 Å². The number of rotatable bonds is 7. The molecule has 0 aliphatic heterocycles. The summed E-state index contributed by atoms with van der Waals surface area (Å²) in [6.07, 6.45) is 2.11. The molecule has 2 aromatic rings. The lowest BCUT2D eigenvalue weighted by molar-refractivity contribution is 0.0922. The smallest absolute Gasteiger partial charge is 0.251 e. The van der Waals surface area contributed by atoms with Crippen molar-refractivity contribution in [1.82, 2.24) is 15.3 Å². The molecular weight excluding hydrogens is 304 g/mol. The highest BCUT2D eigenvalue weighted by Gasteiger charge is 2.11. The Morgan fingerprint density at radius 2 is 2.17 bits per heavy atom. The lowest BCUT2D eigenvalue weighted by Gasteiger charge is -2.12. The Balaban J connectivity index is 2.10. The molecule has 1 heterocycles. The number of hydrogen-bond acceptors (Lipinski definition) is 4. The number of allylic oxidation sites excluding steroid dienone is 1. The fourth-order valence-corrected chi connectivity index (χ4v) is 2.28. The van der Waals surface area contributed by atoms with E-state index >= 15 is 0 Å². The van der Waals surface area contributed by atoms with Crippen molar-refractivity contribution in [3.05, 3.63) is 35.4 Å². The molecule has 4 N–H and O–H groups in total. The third-order valence-corrected chi connectivity index (χ3v) is 4.20. The molecule has 2 rings (SSSR count). The first-order chi connectivity index (χ1) is 11.4. The number of aliphatic hydroxyl groups is 1. The van der Waals surface area contributed by atoms with Gasteiger partial charge in [0.05, 0.1) is 17.6 Å². The van der Waals surface area contributed by atoms with E-state index in [0.29, 0.717) is 17.4 Å². The van der Waals surface area contributed by atoms with Gasteiger partial charge in [0.1, 0.15) is 0 Å². The number of hydrogen-bond donors (Lipinski definition) is 4. The molecule has 0 bridgehead atoms. The van der Waals surface area contributed by atoms with Crippen LogP contribution in [0.1, 0.15) is 38.1 Å². The molecule has 0 radical (unpaired) electrons. The number of amides is 1. The SMILES string of the molecule is C/C=C(/C)C(C)CNc1nc2ccc(C(=O)NC(C)CO)cc2[nH]1. The first-order valence-corrected chi connectivity index (χ1v) is 8.22. The molecular formula is C18H26N4O2. The Morgan fingerprint density at radius 1 is 1.42 bits per heavy atom. The van der Waals surface area contributed by atoms with Gasteiger partial charge in [-0.25, -0.2) is 4.98 Å². The first kappa shape index (κ1) is 18.0. The minimum absolute atomic E-state index is 0.0874. The average Bonchev–Trinajstić information content (AvgIpc) is 3.00. The molecule has 1 amide bonds. The molecule has 1 aromatic heterocycles.